The Morgan fingerprint density at radius 2 is 2.15 bits per heavy atom. The molecule has 0 spiro atoms. The van der Waals surface area contributed by atoms with Gasteiger partial charge >= 0.3 is 0 Å². The maximum atomic E-state index is 5.76. The van der Waals surface area contributed by atoms with E-state index in [1.807, 2.05) is 0 Å². The van der Waals surface area contributed by atoms with Gasteiger partial charge in [0.1, 0.15) is 0 Å². The van der Waals surface area contributed by atoms with Gasteiger partial charge in [0.25, 0.3) is 0 Å². The Labute approximate surface area is 124 Å². The van der Waals surface area contributed by atoms with Gasteiger partial charge in [0.2, 0.25) is 0 Å². The second kappa shape index (κ2) is 8.32. The van der Waals surface area contributed by atoms with Crippen LogP contribution in [-0.2, 0) is 4.74 Å². The maximum Gasteiger partial charge on any atom is 0.0576 e. The summed E-state index contributed by atoms with van der Waals surface area (Å²) in [4.78, 5) is 5.00. The summed E-state index contributed by atoms with van der Waals surface area (Å²) in [5.74, 6) is 0. The van der Waals surface area contributed by atoms with Gasteiger partial charge in [-0.2, -0.15) is 0 Å². The smallest absolute Gasteiger partial charge is 0.0576 e. The number of nitrogens with one attached hydrogen (secondary N) is 1. The van der Waals surface area contributed by atoms with Crippen LogP contribution in [0.25, 0.3) is 0 Å². The second-order valence-electron chi connectivity index (χ2n) is 6.60. The van der Waals surface area contributed by atoms with Crippen LogP contribution in [0.3, 0.4) is 0 Å². The fourth-order valence-corrected chi connectivity index (χ4v) is 3.54. The van der Waals surface area contributed by atoms with Gasteiger partial charge < -0.3 is 19.9 Å². The highest BCUT2D eigenvalue weighted by molar-refractivity contribution is 4.84. The molecule has 4 heteroatoms. The van der Waals surface area contributed by atoms with Crippen LogP contribution in [0.2, 0.25) is 0 Å². The number of hydrogen-bond donors (Lipinski definition) is 1. The Balaban J connectivity index is 1.77. The molecule has 0 aliphatic carbocycles. The molecule has 3 unspecified atom stereocenters. The van der Waals surface area contributed by atoms with Gasteiger partial charge in [0.15, 0.2) is 0 Å². The lowest BCUT2D eigenvalue weighted by molar-refractivity contribution is 0.0867. The van der Waals surface area contributed by atoms with Crippen molar-refractivity contribution in [3.63, 3.8) is 0 Å². The number of ether oxygens (including phenoxy) is 1. The fourth-order valence-electron chi connectivity index (χ4n) is 3.54. The Kier molecular flexibility index (Phi) is 6.75. The zero-order chi connectivity index (χ0) is 14.4. The van der Waals surface area contributed by atoms with Crippen LogP contribution in [0.4, 0.5) is 0 Å². The molecule has 3 atom stereocenters. The van der Waals surface area contributed by atoms with E-state index in [0.29, 0.717) is 18.2 Å². The van der Waals surface area contributed by atoms with E-state index in [1.54, 1.807) is 0 Å². The van der Waals surface area contributed by atoms with Crippen molar-refractivity contribution in [2.75, 3.05) is 46.9 Å². The Morgan fingerprint density at radius 1 is 1.30 bits per heavy atom. The molecule has 0 radical (unpaired) electrons. The first-order chi connectivity index (χ1) is 9.69. The third kappa shape index (κ3) is 4.99. The van der Waals surface area contributed by atoms with Gasteiger partial charge in [-0.05, 0) is 52.7 Å². The van der Waals surface area contributed by atoms with Crippen molar-refractivity contribution in [2.24, 2.45) is 0 Å². The van der Waals surface area contributed by atoms with E-state index in [0.717, 1.165) is 13.2 Å². The van der Waals surface area contributed by atoms with Gasteiger partial charge in [-0.25, -0.2) is 0 Å². The third-order valence-electron chi connectivity index (χ3n) is 4.89. The van der Waals surface area contributed by atoms with Crippen molar-refractivity contribution in [1.82, 2.24) is 15.1 Å². The molecule has 4 nitrogen and oxygen atoms in total. The number of hydrogen-bond acceptors (Lipinski definition) is 4. The lowest BCUT2D eigenvalue weighted by atomic mass is 9.97. The van der Waals surface area contributed by atoms with Crippen LogP contribution in [0.5, 0.6) is 0 Å². The van der Waals surface area contributed by atoms with Gasteiger partial charge in [0, 0.05) is 38.3 Å². The van der Waals surface area contributed by atoms with Crippen LogP contribution >= 0.6 is 0 Å². The zero-order valence-electron chi connectivity index (χ0n) is 13.6. The second-order valence-corrected chi connectivity index (χ2v) is 6.60. The minimum absolute atomic E-state index is 0.530. The molecular formula is C16H33N3O. The average Bonchev–Trinajstić information content (AvgIpc) is 2.93. The van der Waals surface area contributed by atoms with Gasteiger partial charge in [-0.15, -0.1) is 0 Å². The van der Waals surface area contributed by atoms with Crippen molar-refractivity contribution in [3.8, 4) is 0 Å². The molecule has 0 aromatic heterocycles. The van der Waals surface area contributed by atoms with Crippen molar-refractivity contribution >= 4 is 0 Å². The molecule has 0 saturated carbocycles. The standard InChI is InChI=1S/C16H33N3O/c1-4-17-14(7-8-16-6-5-11-20-16)12-15-13-18(2)9-10-19(15)3/h14-17H,4-13H2,1-3H3. The quantitative estimate of drug-likeness (QED) is 0.767. The topological polar surface area (TPSA) is 27.7 Å². The van der Waals surface area contributed by atoms with Crippen molar-refractivity contribution < 1.29 is 4.74 Å². The molecule has 2 saturated heterocycles. The first-order valence-electron chi connectivity index (χ1n) is 8.42. The van der Waals surface area contributed by atoms with Crippen molar-refractivity contribution in [1.29, 1.82) is 0 Å². The average molecular weight is 283 g/mol. The number of likely N-dealkylation sites (N-methyl/N-ethyl adjacent to an activating group) is 2. The van der Waals surface area contributed by atoms with Crippen molar-refractivity contribution in [3.05, 3.63) is 0 Å². The van der Waals surface area contributed by atoms with E-state index < -0.39 is 0 Å². The summed E-state index contributed by atoms with van der Waals surface area (Å²) in [5, 5.41) is 3.69. The van der Waals surface area contributed by atoms with Gasteiger partial charge in [0.05, 0.1) is 6.10 Å². The summed E-state index contributed by atoms with van der Waals surface area (Å²) >= 11 is 0. The maximum absolute atomic E-state index is 5.76. The first kappa shape index (κ1) is 16.2. The number of nitrogens with zero attached hydrogens (tertiary/aromatic N) is 2. The molecule has 2 aliphatic heterocycles. The molecule has 0 amide bonds. The Bertz CT molecular complexity index is 268. The minimum atomic E-state index is 0.530. The molecule has 0 bridgehead atoms. The summed E-state index contributed by atoms with van der Waals surface area (Å²) in [6.45, 7) is 7.88. The summed E-state index contributed by atoms with van der Waals surface area (Å²) in [6, 6.07) is 1.34. The lowest BCUT2D eigenvalue weighted by Crippen LogP contribution is -2.52. The van der Waals surface area contributed by atoms with E-state index in [4.69, 9.17) is 4.74 Å². The lowest BCUT2D eigenvalue weighted by Gasteiger charge is -2.39. The molecule has 118 valence electrons. The van der Waals surface area contributed by atoms with E-state index in [2.05, 4.69) is 36.1 Å². The van der Waals surface area contributed by atoms with Crippen molar-refractivity contribution in [2.45, 2.75) is 57.2 Å². The molecule has 0 aromatic carbocycles. The molecule has 2 aliphatic rings. The highest BCUT2D eigenvalue weighted by Crippen LogP contribution is 2.20. The highest BCUT2D eigenvalue weighted by atomic mass is 16.5. The molecule has 2 fully saturated rings. The predicted molar refractivity (Wildman–Crippen MR) is 84.2 cm³/mol. The van der Waals surface area contributed by atoms with Crippen LogP contribution in [0.15, 0.2) is 0 Å². The van der Waals surface area contributed by atoms with Gasteiger partial charge in [-0.1, -0.05) is 6.92 Å². The van der Waals surface area contributed by atoms with Crippen LogP contribution in [-0.4, -0.2) is 74.9 Å². The van der Waals surface area contributed by atoms with Crippen LogP contribution < -0.4 is 5.32 Å². The molecule has 2 rings (SSSR count). The summed E-state index contributed by atoms with van der Waals surface area (Å²) in [7, 11) is 4.52. The predicted octanol–water partition coefficient (Wildman–Crippen LogP) is 1.56. The molecular weight excluding hydrogens is 250 g/mol. The van der Waals surface area contributed by atoms with Crippen LogP contribution in [0, 0.1) is 0 Å². The Hall–Kier alpha value is -0.160. The highest BCUT2D eigenvalue weighted by Gasteiger charge is 2.26. The molecule has 2 heterocycles. The van der Waals surface area contributed by atoms with Crippen LogP contribution in [0.1, 0.15) is 39.0 Å². The molecule has 20 heavy (non-hydrogen) atoms. The summed E-state index contributed by atoms with van der Waals surface area (Å²) in [5.41, 5.74) is 0. The number of rotatable bonds is 7. The monoisotopic (exact) mass is 283 g/mol. The summed E-state index contributed by atoms with van der Waals surface area (Å²) in [6.07, 6.45) is 6.80. The largest absolute Gasteiger partial charge is 0.378 e. The van der Waals surface area contributed by atoms with E-state index in [1.165, 1.54) is 51.7 Å². The number of piperazine rings is 1. The zero-order valence-corrected chi connectivity index (χ0v) is 13.6. The summed E-state index contributed by atoms with van der Waals surface area (Å²) < 4.78 is 5.76. The molecule has 1 N–H and O–H groups in total. The molecule has 0 aromatic rings. The third-order valence-corrected chi connectivity index (χ3v) is 4.89. The fraction of sp³-hybridized carbons (Fsp3) is 1.00. The SMILES string of the molecule is CCNC(CCC1CCCO1)CC1CN(C)CCN1C. The minimum Gasteiger partial charge on any atom is -0.378 e. The normalized spacial score (nSPS) is 30.8. The van der Waals surface area contributed by atoms with E-state index in [9.17, 15) is 0 Å². The van der Waals surface area contributed by atoms with E-state index in [-0.39, 0.29) is 0 Å². The van der Waals surface area contributed by atoms with E-state index >= 15 is 0 Å². The Morgan fingerprint density at radius 3 is 2.85 bits per heavy atom. The van der Waals surface area contributed by atoms with Gasteiger partial charge in [-0.3, -0.25) is 0 Å². The first-order valence-corrected chi connectivity index (χ1v) is 8.42.